The fourth-order valence-electron chi connectivity index (χ4n) is 2.94. The van der Waals surface area contributed by atoms with Crippen molar-refractivity contribution in [1.82, 2.24) is 9.78 Å². The summed E-state index contributed by atoms with van der Waals surface area (Å²) in [6, 6.07) is 17.7. The van der Waals surface area contributed by atoms with Gasteiger partial charge in [-0.05, 0) is 38.1 Å². The standard InChI is InChI=1S/C22H21N3O4S/c1-16-8-10-19(11-9-16)30(27,28)13-12-22(26)29-15-21-20(14-23)17(2)24-25(21)18-6-4-3-5-7-18/h3-11H,12-13,15H2,1-2H3. The number of esters is 1. The Kier molecular flexibility index (Phi) is 6.33. The van der Waals surface area contributed by atoms with Gasteiger partial charge in [-0.1, -0.05) is 35.9 Å². The molecule has 0 aliphatic heterocycles. The first-order chi connectivity index (χ1) is 14.3. The van der Waals surface area contributed by atoms with Gasteiger partial charge in [0.25, 0.3) is 0 Å². The highest BCUT2D eigenvalue weighted by molar-refractivity contribution is 7.91. The Bertz CT molecular complexity index is 1190. The molecule has 0 atom stereocenters. The maximum Gasteiger partial charge on any atom is 0.307 e. The number of aryl methyl sites for hydroxylation is 2. The van der Waals surface area contributed by atoms with E-state index in [9.17, 15) is 18.5 Å². The Morgan fingerprint density at radius 3 is 2.40 bits per heavy atom. The number of aromatic nitrogens is 2. The number of benzene rings is 2. The van der Waals surface area contributed by atoms with Crippen molar-refractivity contribution in [3.8, 4) is 11.8 Å². The number of rotatable bonds is 7. The van der Waals surface area contributed by atoms with Gasteiger partial charge in [0.2, 0.25) is 0 Å². The second-order valence-electron chi connectivity index (χ2n) is 6.81. The van der Waals surface area contributed by atoms with E-state index in [0.29, 0.717) is 17.0 Å². The molecule has 0 N–H and O–H groups in total. The van der Waals surface area contributed by atoms with Crippen LogP contribution in [-0.2, 0) is 26.0 Å². The zero-order valence-electron chi connectivity index (χ0n) is 16.7. The first-order valence-electron chi connectivity index (χ1n) is 9.31. The molecule has 0 radical (unpaired) electrons. The molecule has 1 aromatic heterocycles. The van der Waals surface area contributed by atoms with Crippen LogP contribution in [0.1, 0.15) is 28.9 Å². The largest absolute Gasteiger partial charge is 0.459 e. The van der Waals surface area contributed by atoms with Crippen LogP contribution in [0.4, 0.5) is 0 Å². The summed E-state index contributed by atoms with van der Waals surface area (Å²) in [5.41, 5.74) is 2.98. The third-order valence-corrected chi connectivity index (χ3v) is 6.33. The number of nitrogens with zero attached hydrogens (tertiary/aromatic N) is 3. The quantitative estimate of drug-likeness (QED) is 0.541. The average Bonchev–Trinajstić information content (AvgIpc) is 3.07. The molecule has 8 heteroatoms. The second-order valence-corrected chi connectivity index (χ2v) is 8.92. The summed E-state index contributed by atoms with van der Waals surface area (Å²) in [6.45, 7) is 3.39. The van der Waals surface area contributed by atoms with Gasteiger partial charge in [-0.25, -0.2) is 13.1 Å². The van der Waals surface area contributed by atoms with Gasteiger partial charge in [0.15, 0.2) is 9.84 Å². The summed E-state index contributed by atoms with van der Waals surface area (Å²) >= 11 is 0. The predicted octanol–water partition coefficient (Wildman–Crippen LogP) is 3.27. The van der Waals surface area contributed by atoms with E-state index in [1.807, 2.05) is 37.3 Å². The molecule has 3 rings (SSSR count). The number of sulfone groups is 1. The van der Waals surface area contributed by atoms with Gasteiger partial charge >= 0.3 is 5.97 Å². The van der Waals surface area contributed by atoms with Crippen LogP contribution < -0.4 is 0 Å². The topological polar surface area (TPSA) is 102 Å². The molecule has 2 aromatic carbocycles. The molecule has 1 heterocycles. The smallest absolute Gasteiger partial charge is 0.307 e. The van der Waals surface area contributed by atoms with Crippen molar-refractivity contribution in [2.24, 2.45) is 0 Å². The maximum atomic E-state index is 12.4. The predicted molar refractivity (Wildman–Crippen MR) is 111 cm³/mol. The Hall–Kier alpha value is -3.44. The number of ether oxygens (including phenoxy) is 1. The van der Waals surface area contributed by atoms with E-state index in [4.69, 9.17) is 4.74 Å². The highest BCUT2D eigenvalue weighted by Crippen LogP contribution is 2.19. The fourth-order valence-corrected chi connectivity index (χ4v) is 4.16. The molecule has 0 amide bonds. The van der Waals surface area contributed by atoms with Gasteiger partial charge in [-0.2, -0.15) is 10.4 Å². The lowest BCUT2D eigenvalue weighted by molar-refractivity contribution is -0.144. The van der Waals surface area contributed by atoms with Crippen molar-refractivity contribution in [2.45, 2.75) is 31.8 Å². The van der Waals surface area contributed by atoms with E-state index in [2.05, 4.69) is 11.2 Å². The first-order valence-corrected chi connectivity index (χ1v) is 11.0. The third kappa shape index (κ3) is 4.75. The van der Waals surface area contributed by atoms with Gasteiger partial charge in [-0.3, -0.25) is 4.79 Å². The zero-order chi connectivity index (χ0) is 21.7. The molecule has 0 saturated carbocycles. The van der Waals surface area contributed by atoms with Crippen molar-refractivity contribution < 1.29 is 17.9 Å². The molecule has 0 saturated heterocycles. The van der Waals surface area contributed by atoms with E-state index in [1.54, 1.807) is 23.7 Å². The van der Waals surface area contributed by atoms with Crippen LogP contribution in [0, 0.1) is 25.2 Å². The molecule has 0 aliphatic carbocycles. The van der Waals surface area contributed by atoms with Crippen LogP contribution in [0.2, 0.25) is 0 Å². The number of hydrogen-bond acceptors (Lipinski definition) is 6. The monoisotopic (exact) mass is 423 g/mol. The number of carbonyl (C=O) groups excluding carboxylic acids is 1. The fraction of sp³-hybridized carbons (Fsp3) is 0.227. The van der Waals surface area contributed by atoms with Crippen molar-refractivity contribution >= 4 is 15.8 Å². The van der Waals surface area contributed by atoms with Crippen molar-refractivity contribution in [3.63, 3.8) is 0 Å². The maximum absolute atomic E-state index is 12.4. The number of nitriles is 1. The summed E-state index contributed by atoms with van der Waals surface area (Å²) in [6.07, 6.45) is -0.281. The average molecular weight is 423 g/mol. The Balaban J connectivity index is 1.69. The van der Waals surface area contributed by atoms with Gasteiger partial charge in [0.05, 0.1) is 34.1 Å². The summed E-state index contributed by atoms with van der Waals surface area (Å²) in [4.78, 5) is 12.4. The number of hydrogen-bond donors (Lipinski definition) is 0. The van der Waals surface area contributed by atoms with Crippen LogP contribution in [0.5, 0.6) is 0 Å². The van der Waals surface area contributed by atoms with Gasteiger partial charge in [0, 0.05) is 0 Å². The molecule has 0 bridgehead atoms. The summed E-state index contributed by atoms with van der Waals surface area (Å²) in [5, 5.41) is 13.8. The first kappa shape index (κ1) is 21.3. The van der Waals surface area contributed by atoms with Crippen molar-refractivity contribution in [2.75, 3.05) is 5.75 Å². The third-order valence-electron chi connectivity index (χ3n) is 4.59. The van der Waals surface area contributed by atoms with Crippen LogP contribution in [0.15, 0.2) is 59.5 Å². The summed E-state index contributed by atoms with van der Waals surface area (Å²) in [5.74, 6) is -1.01. The lowest BCUT2D eigenvalue weighted by Gasteiger charge is -2.09. The Morgan fingerprint density at radius 1 is 1.10 bits per heavy atom. The van der Waals surface area contributed by atoms with E-state index in [1.165, 1.54) is 12.1 Å². The molecule has 0 fully saturated rings. The lowest BCUT2D eigenvalue weighted by Crippen LogP contribution is -2.15. The molecule has 0 aliphatic rings. The summed E-state index contributed by atoms with van der Waals surface area (Å²) in [7, 11) is -3.59. The molecule has 7 nitrogen and oxygen atoms in total. The van der Waals surface area contributed by atoms with Crippen LogP contribution in [-0.4, -0.2) is 29.9 Å². The van der Waals surface area contributed by atoms with Gasteiger partial charge < -0.3 is 4.74 Å². The SMILES string of the molecule is Cc1ccc(S(=O)(=O)CCC(=O)OCc2c(C#N)c(C)nn2-c2ccccc2)cc1. The van der Waals surface area contributed by atoms with Crippen molar-refractivity contribution in [1.29, 1.82) is 5.26 Å². The molecule has 154 valence electrons. The lowest BCUT2D eigenvalue weighted by atomic mass is 10.2. The normalized spacial score (nSPS) is 11.1. The zero-order valence-corrected chi connectivity index (χ0v) is 17.5. The minimum absolute atomic E-state index is 0.172. The van der Waals surface area contributed by atoms with E-state index >= 15 is 0 Å². The molecule has 3 aromatic rings. The molecular formula is C22H21N3O4S. The van der Waals surface area contributed by atoms with Crippen LogP contribution >= 0.6 is 0 Å². The highest BCUT2D eigenvalue weighted by atomic mass is 32.2. The minimum Gasteiger partial charge on any atom is -0.459 e. The highest BCUT2D eigenvalue weighted by Gasteiger charge is 2.20. The molecular weight excluding hydrogens is 402 g/mol. The van der Waals surface area contributed by atoms with Gasteiger partial charge in [0.1, 0.15) is 18.2 Å². The summed E-state index contributed by atoms with van der Waals surface area (Å²) < 4.78 is 31.6. The van der Waals surface area contributed by atoms with Crippen LogP contribution in [0.25, 0.3) is 5.69 Å². The number of carbonyl (C=O) groups is 1. The Morgan fingerprint density at radius 2 is 1.77 bits per heavy atom. The van der Waals surface area contributed by atoms with Crippen LogP contribution in [0.3, 0.4) is 0 Å². The van der Waals surface area contributed by atoms with E-state index in [-0.39, 0.29) is 23.7 Å². The second kappa shape index (κ2) is 8.93. The molecule has 0 spiro atoms. The van der Waals surface area contributed by atoms with E-state index in [0.717, 1.165) is 11.3 Å². The van der Waals surface area contributed by atoms with Crippen molar-refractivity contribution in [3.05, 3.63) is 77.1 Å². The molecule has 30 heavy (non-hydrogen) atoms. The van der Waals surface area contributed by atoms with Gasteiger partial charge in [-0.15, -0.1) is 0 Å². The minimum atomic E-state index is -3.59. The Labute approximate surface area is 175 Å². The molecule has 0 unspecified atom stereocenters. The number of para-hydroxylation sites is 1. The van der Waals surface area contributed by atoms with E-state index < -0.39 is 15.8 Å².